The van der Waals surface area contributed by atoms with E-state index in [0.717, 1.165) is 53.2 Å². The number of ether oxygens (including phenoxy) is 2. The summed E-state index contributed by atoms with van der Waals surface area (Å²) < 4.78 is 14.6. The number of hydrogen-bond acceptors (Lipinski definition) is 2. The zero-order valence-electron chi connectivity index (χ0n) is 26.6. The van der Waals surface area contributed by atoms with E-state index in [2.05, 4.69) is 88.5 Å². The number of halogens is 2. The van der Waals surface area contributed by atoms with E-state index >= 15 is 0 Å². The van der Waals surface area contributed by atoms with Gasteiger partial charge in [0.15, 0.2) is 0 Å². The van der Waals surface area contributed by atoms with Crippen LogP contribution in [0.5, 0.6) is 11.5 Å². The summed E-state index contributed by atoms with van der Waals surface area (Å²) in [5.74, 6) is 8.38. The standard InChI is InChI=1S/C38H56BrIO2/c1-3-5-7-9-11-13-15-17-19-21-29-41-37-32-36(39)38(31-34(37)26-23-33-24-27-35(40)28-25-33)42-30-22-20-18-16-14-12-10-8-6-4-2/h24-25,27-28,31-32H,3-22,29-30H2,1-2H3. The zero-order chi connectivity index (χ0) is 30.1. The molecule has 0 radical (unpaired) electrons. The van der Waals surface area contributed by atoms with Crippen LogP contribution in [-0.2, 0) is 0 Å². The van der Waals surface area contributed by atoms with Crippen LogP contribution in [0.3, 0.4) is 0 Å². The highest BCUT2D eigenvalue weighted by Crippen LogP contribution is 2.33. The Kier molecular flexibility index (Phi) is 22.2. The highest BCUT2D eigenvalue weighted by atomic mass is 127. The Bertz CT molecular complexity index is 1010. The second-order valence-electron chi connectivity index (χ2n) is 11.6. The predicted octanol–water partition coefficient (Wildman–Crippen LogP) is 13.1. The third-order valence-corrected chi connectivity index (χ3v) is 9.07. The fourth-order valence-electron chi connectivity index (χ4n) is 5.08. The maximum Gasteiger partial charge on any atom is 0.136 e. The van der Waals surface area contributed by atoms with Crippen molar-refractivity contribution in [1.29, 1.82) is 0 Å². The molecule has 0 fully saturated rings. The van der Waals surface area contributed by atoms with Gasteiger partial charge in [-0.3, -0.25) is 0 Å². The van der Waals surface area contributed by atoms with Gasteiger partial charge in [0.05, 0.1) is 23.2 Å². The molecule has 0 saturated heterocycles. The van der Waals surface area contributed by atoms with Gasteiger partial charge in [-0.15, -0.1) is 0 Å². The van der Waals surface area contributed by atoms with Gasteiger partial charge in [-0.05, 0) is 81.7 Å². The minimum absolute atomic E-state index is 0.722. The first kappa shape index (κ1) is 37.0. The molecule has 42 heavy (non-hydrogen) atoms. The van der Waals surface area contributed by atoms with Crippen LogP contribution < -0.4 is 9.47 Å². The predicted molar refractivity (Wildman–Crippen MR) is 194 cm³/mol. The van der Waals surface area contributed by atoms with Crippen LogP contribution in [0.1, 0.15) is 153 Å². The molecule has 0 saturated carbocycles. The molecule has 234 valence electrons. The van der Waals surface area contributed by atoms with Crippen LogP contribution in [0, 0.1) is 15.4 Å². The van der Waals surface area contributed by atoms with Gasteiger partial charge < -0.3 is 9.47 Å². The Morgan fingerprint density at radius 1 is 0.548 bits per heavy atom. The highest BCUT2D eigenvalue weighted by Gasteiger charge is 2.10. The third-order valence-electron chi connectivity index (χ3n) is 7.73. The lowest BCUT2D eigenvalue weighted by Gasteiger charge is -2.13. The van der Waals surface area contributed by atoms with Gasteiger partial charge in [-0.2, -0.15) is 0 Å². The van der Waals surface area contributed by atoms with Gasteiger partial charge in [0, 0.05) is 15.2 Å². The Labute approximate surface area is 280 Å². The van der Waals surface area contributed by atoms with Gasteiger partial charge in [-0.1, -0.05) is 141 Å². The summed E-state index contributed by atoms with van der Waals surface area (Å²) in [7, 11) is 0. The summed E-state index contributed by atoms with van der Waals surface area (Å²) in [4.78, 5) is 0. The van der Waals surface area contributed by atoms with Crippen LogP contribution in [0.15, 0.2) is 40.9 Å². The quantitative estimate of drug-likeness (QED) is 0.0604. The summed E-state index contributed by atoms with van der Waals surface area (Å²) in [6.07, 6.45) is 26.5. The van der Waals surface area contributed by atoms with Crippen molar-refractivity contribution in [1.82, 2.24) is 0 Å². The molecule has 0 bridgehead atoms. The summed E-state index contributed by atoms with van der Waals surface area (Å²) in [6, 6.07) is 12.4. The van der Waals surface area contributed by atoms with Crippen LogP contribution >= 0.6 is 38.5 Å². The van der Waals surface area contributed by atoms with Gasteiger partial charge in [0.1, 0.15) is 11.5 Å². The van der Waals surface area contributed by atoms with Gasteiger partial charge in [-0.25, -0.2) is 0 Å². The van der Waals surface area contributed by atoms with Crippen molar-refractivity contribution in [2.24, 2.45) is 0 Å². The molecule has 0 atom stereocenters. The molecule has 2 nitrogen and oxygen atoms in total. The SMILES string of the molecule is CCCCCCCCCCCCOc1cc(C#Cc2ccc(I)cc2)c(OCCCCCCCCCCCC)cc1Br. The second kappa shape index (κ2) is 25.2. The largest absolute Gasteiger partial charge is 0.492 e. The first-order valence-electron chi connectivity index (χ1n) is 17.0. The first-order valence-corrected chi connectivity index (χ1v) is 18.9. The fourth-order valence-corrected chi connectivity index (χ4v) is 5.88. The first-order chi connectivity index (χ1) is 20.6. The molecule has 0 N–H and O–H groups in total. The van der Waals surface area contributed by atoms with Crippen molar-refractivity contribution < 1.29 is 9.47 Å². The van der Waals surface area contributed by atoms with Gasteiger partial charge in [0.2, 0.25) is 0 Å². The Balaban J connectivity index is 1.82. The molecule has 0 aliphatic carbocycles. The average Bonchev–Trinajstić information content (AvgIpc) is 2.99. The van der Waals surface area contributed by atoms with Crippen LogP contribution in [-0.4, -0.2) is 13.2 Å². The second-order valence-corrected chi connectivity index (χ2v) is 13.7. The van der Waals surface area contributed by atoms with Crippen molar-refractivity contribution in [2.75, 3.05) is 13.2 Å². The Hall–Kier alpha value is -1.19. The molecule has 4 heteroatoms. The molecular formula is C38H56BrIO2. The van der Waals surface area contributed by atoms with Crippen LogP contribution in [0.2, 0.25) is 0 Å². The molecule has 0 heterocycles. The molecule has 0 aliphatic rings. The molecule has 0 aliphatic heterocycles. The fraction of sp³-hybridized carbons (Fsp3) is 0.632. The van der Waals surface area contributed by atoms with Crippen LogP contribution in [0.25, 0.3) is 0 Å². The molecule has 0 aromatic heterocycles. The highest BCUT2D eigenvalue weighted by molar-refractivity contribution is 14.1. The van der Waals surface area contributed by atoms with E-state index in [4.69, 9.17) is 9.47 Å². The molecule has 0 spiro atoms. The number of rotatable bonds is 24. The maximum absolute atomic E-state index is 6.27. The van der Waals surface area contributed by atoms with Crippen molar-refractivity contribution in [3.63, 3.8) is 0 Å². The molecule has 2 aromatic carbocycles. The zero-order valence-corrected chi connectivity index (χ0v) is 30.3. The maximum atomic E-state index is 6.27. The van der Waals surface area contributed by atoms with Gasteiger partial charge >= 0.3 is 0 Å². The normalized spacial score (nSPS) is 10.9. The molecule has 2 rings (SSSR count). The lowest BCUT2D eigenvalue weighted by atomic mass is 10.1. The van der Waals surface area contributed by atoms with Crippen molar-refractivity contribution in [3.05, 3.63) is 55.6 Å². The number of benzene rings is 2. The summed E-state index contributed by atoms with van der Waals surface area (Å²) in [6.45, 7) is 6.02. The van der Waals surface area contributed by atoms with E-state index in [9.17, 15) is 0 Å². The van der Waals surface area contributed by atoms with Gasteiger partial charge in [0.25, 0.3) is 0 Å². The average molecular weight is 752 g/mol. The van der Waals surface area contributed by atoms with Crippen molar-refractivity contribution >= 4 is 38.5 Å². The van der Waals surface area contributed by atoms with E-state index in [1.807, 2.05) is 12.1 Å². The summed E-state index contributed by atoms with van der Waals surface area (Å²) >= 11 is 6.06. The Morgan fingerprint density at radius 3 is 1.45 bits per heavy atom. The summed E-state index contributed by atoms with van der Waals surface area (Å²) in [5.41, 5.74) is 1.90. The lowest BCUT2D eigenvalue weighted by Crippen LogP contribution is -2.02. The lowest BCUT2D eigenvalue weighted by molar-refractivity contribution is 0.294. The van der Waals surface area contributed by atoms with E-state index in [1.54, 1.807) is 0 Å². The monoisotopic (exact) mass is 750 g/mol. The van der Waals surface area contributed by atoms with E-state index in [0.29, 0.717) is 0 Å². The topological polar surface area (TPSA) is 18.5 Å². The molecule has 0 unspecified atom stereocenters. The molecular weight excluding hydrogens is 695 g/mol. The smallest absolute Gasteiger partial charge is 0.136 e. The minimum Gasteiger partial charge on any atom is -0.492 e. The van der Waals surface area contributed by atoms with E-state index in [-0.39, 0.29) is 0 Å². The van der Waals surface area contributed by atoms with E-state index in [1.165, 1.54) is 119 Å². The number of hydrogen-bond donors (Lipinski definition) is 0. The molecule has 0 amide bonds. The minimum atomic E-state index is 0.722. The van der Waals surface area contributed by atoms with Crippen LogP contribution in [0.4, 0.5) is 0 Å². The third kappa shape index (κ3) is 17.8. The van der Waals surface area contributed by atoms with E-state index < -0.39 is 0 Å². The van der Waals surface area contributed by atoms with Crippen molar-refractivity contribution in [3.8, 4) is 23.3 Å². The number of unbranched alkanes of at least 4 members (excludes halogenated alkanes) is 18. The van der Waals surface area contributed by atoms with Crippen molar-refractivity contribution in [2.45, 2.75) is 142 Å². The summed E-state index contributed by atoms with van der Waals surface area (Å²) in [5, 5.41) is 0. The molecule has 2 aromatic rings. The Morgan fingerprint density at radius 2 is 0.976 bits per heavy atom.